The number of nitrogens with one attached hydrogen (secondary N) is 2. The maximum atomic E-state index is 12.9. The van der Waals surface area contributed by atoms with Crippen LogP contribution < -0.4 is 20.1 Å². The lowest BCUT2D eigenvalue weighted by Crippen LogP contribution is -2.36. The van der Waals surface area contributed by atoms with Gasteiger partial charge in [0.15, 0.2) is 18.1 Å². The van der Waals surface area contributed by atoms with Crippen LogP contribution in [0.25, 0.3) is 6.08 Å². The lowest BCUT2D eigenvalue weighted by Gasteiger charge is -2.13. The fourth-order valence-electron chi connectivity index (χ4n) is 3.59. The highest BCUT2D eigenvalue weighted by Crippen LogP contribution is 2.35. The summed E-state index contributed by atoms with van der Waals surface area (Å²) in [5, 5.41) is 5.33. The van der Waals surface area contributed by atoms with Gasteiger partial charge in [-0.2, -0.15) is 0 Å². The molecule has 1 saturated heterocycles. The Kier molecular flexibility index (Phi) is 9.86. The number of rotatable bonds is 10. The van der Waals surface area contributed by atoms with Crippen molar-refractivity contribution >= 4 is 79.7 Å². The van der Waals surface area contributed by atoms with Crippen LogP contribution in [0.1, 0.15) is 12.5 Å². The number of hydrogen-bond donors (Lipinski definition) is 2. The number of para-hydroxylation sites is 1. The summed E-state index contributed by atoms with van der Waals surface area (Å²) in [7, 11) is 0. The van der Waals surface area contributed by atoms with Gasteiger partial charge in [0, 0.05) is 15.2 Å². The molecule has 0 aromatic heterocycles. The number of nitrogens with zero attached hydrogens (tertiary/aromatic N) is 1. The molecule has 4 rings (SSSR count). The van der Waals surface area contributed by atoms with Crippen LogP contribution in [0.4, 0.5) is 16.2 Å². The zero-order chi connectivity index (χ0) is 28.6. The number of amides is 4. The molecular weight excluding hydrogens is 622 g/mol. The highest BCUT2D eigenvalue weighted by Gasteiger charge is 2.36. The van der Waals surface area contributed by atoms with E-state index in [-0.39, 0.29) is 17.4 Å². The molecule has 3 aromatic rings. The first-order valence-electron chi connectivity index (χ1n) is 12.0. The molecule has 1 aliphatic heterocycles. The highest BCUT2D eigenvalue weighted by atomic mass is 79.9. The van der Waals surface area contributed by atoms with Crippen molar-refractivity contribution in [2.45, 2.75) is 6.92 Å². The Hall–Kier alpha value is -3.80. The molecule has 1 aliphatic rings. The molecule has 9 nitrogen and oxygen atoms in total. The molecule has 0 bridgehead atoms. The van der Waals surface area contributed by atoms with Crippen molar-refractivity contribution in [3.63, 3.8) is 0 Å². The van der Waals surface area contributed by atoms with Crippen molar-refractivity contribution in [1.82, 2.24) is 4.90 Å². The maximum absolute atomic E-state index is 12.9. The Morgan fingerprint density at radius 2 is 1.77 bits per heavy atom. The Morgan fingerprint density at radius 3 is 2.52 bits per heavy atom. The van der Waals surface area contributed by atoms with E-state index in [2.05, 4.69) is 26.6 Å². The van der Waals surface area contributed by atoms with E-state index in [1.54, 1.807) is 73.7 Å². The van der Waals surface area contributed by atoms with Crippen LogP contribution in [0.2, 0.25) is 5.02 Å². The summed E-state index contributed by atoms with van der Waals surface area (Å²) in [6.07, 6.45) is 1.54. The fraction of sp³-hybridized carbons (Fsp3) is 0.143. The molecule has 3 aromatic carbocycles. The summed E-state index contributed by atoms with van der Waals surface area (Å²) in [6, 6.07) is 18.7. The van der Waals surface area contributed by atoms with Gasteiger partial charge in [-0.25, -0.2) is 0 Å². The average molecular weight is 645 g/mol. The van der Waals surface area contributed by atoms with Crippen LogP contribution in [0.3, 0.4) is 0 Å². The van der Waals surface area contributed by atoms with Crippen molar-refractivity contribution in [2.75, 3.05) is 30.4 Å². The minimum absolute atomic E-state index is 0.163. The van der Waals surface area contributed by atoms with Gasteiger partial charge in [-0.15, -0.1) is 0 Å². The van der Waals surface area contributed by atoms with Gasteiger partial charge in [-0.05, 0) is 88.7 Å². The molecule has 206 valence electrons. The predicted octanol–water partition coefficient (Wildman–Crippen LogP) is 6.19. The molecule has 0 atom stereocenters. The second-order valence-corrected chi connectivity index (χ2v) is 10.6. The average Bonchev–Trinajstić information content (AvgIpc) is 3.17. The summed E-state index contributed by atoms with van der Waals surface area (Å²) in [5.74, 6) is -0.773. The van der Waals surface area contributed by atoms with E-state index < -0.39 is 23.6 Å². The monoisotopic (exact) mass is 643 g/mol. The molecule has 0 spiro atoms. The van der Waals surface area contributed by atoms with Crippen molar-refractivity contribution in [3.05, 3.63) is 86.7 Å². The normalized spacial score (nSPS) is 13.9. The van der Waals surface area contributed by atoms with Gasteiger partial charge in [0.2, 0.25) is 5.91 Å². The summed E-state index contributed by atoms with van der Waals surface area (Å²) < 4.78 is 12.0. The molecule has 0 unspecified atom stereocenters. The fourth-order valence-corrected chi connectivity index (χ4v) is 5.00. The third-order valence-electron chi connectivity index (χ3n) is 5.36. The lowest BCUT2D eigenvalue weighted by atomic mass is 10.2. The number of thioether (sulfide) groups is 1. The quantitative estimate of drug-likeness (QED) is 0.253. The van der Waals surface area contributed by atoms with Gasteiger partial charge in [0.25, 0.3) is 17.1 Å². The first kappa shape index (κ1) is 29.2. The minimum atomic E-state index is -0.576. The number of imide groups is 1. The summed E-state index contributed by atoms with van der Waals surface area (Å²) >= 11 is 10.0. The standard InChI is InChI=1S/C28H23BrClN3O6S/c1-2-38-23-12-17(10-11-22(23)39-16-26(35)31-19-7-5-6-18(30)14-19)13-24-27(36)33(28(37)40-24)15-25(34)32-21-9-4-3-8-20(21)29/h3-14H,2,15-16H2,1H3,(H,31,35)(H,32,34)/b24-13+. The first-order valence-corrected chi connectivity index (χ1v) is 14.0. The van der Waals surface area contributed by atoms with E-state index >= 15 is 0 Å². The number of halogens is 2. The smallest absolute Gasteiger partial charge is 0.294 e. The summed E-state index contributed by atoms with van der Waals surface area (Å²) in [5.41, 5.74) is 1.64. The van der Waals surface area contributed by atoms with Gasteiger partial charge in [-0.3, -0.25) is 24.1 Å². The Labute approximate surface area is 248 Å². The number of carbonyl (C=O) groups is 4. The number of benzene rings is 3. The Morgan fingerprint density at radius 1 is 0.975 bits per heavy atom. The second kappa shape index (κ2) is 13.5. The van der Waals surface area contributed by atoms with E-state index in [1.165, 1.54) is 6.08 Å². The van der Waals surface area contributed by atoms with Crippen molar-refractivity contribution in [2.24, 2.45) is 0 Å². The summed E-state index contributed by atoms with van der Waals surface area (Å²) in [4.78, 5) is 51.3. The largest absolute Gasteiger partial charge is 0.490 e. The zero-order valence-electron chi connectivity index (χ0n) is 21.1. The molecule has 4 amide bonds. The minimum Gasteiger partial charge on any atom is -0.490 e. The lowest BCUT2D eigenvalue weighted by molar-refractivity contribution is -0.127. The van der Waals surface area contributed by atoms with Crippen LogP contribution in [-0.4, -0.2) is 47.6 Å². The van der Waals surface area contributed by atoms with Gasteiger partial charge >= 0.3 is 0 Å². The third-order valence-corrected chi connectivity index (χ3v) is 7.19. The molecule has 2 N–H and O–H groups in total. The van der Waals surface area contributed by atoms with Crippen LogP contribution in [-0.2, 0) is 14.4 Å². The first-order chi connectivity index (χ1) is 19.2. The van der Waals surface area contributed by atoms with Crippen LogP contribution in [0, 0.1) is 0 Å². The molecule has 40 heavy (non-hydrogen) atoms. The van der Waals surface area contributed by atoms with Gasteiger partial charge < -0.3 is 20.1 Å². The van der Waals surface area contributed by atoms with Gasteiger partial charge in [-0.1, -0.05) is 35.9 Å². The Bertz CT molecular complexity index is 1500. The SMILES string of the molecule is CCOc1cc(/C=C2/SC(=O)N(CC(=O)Nc3ccccc3Br)C2=O)ccc1OCC(=O)Nc1cccc(Cl)c1. The number of hydrogen-bond acceptors (Lipinski definition) is 7. The molecule has 0 radical (unpaired) electrons. The molecule has 1 fully saturated rings. The third kappa shape index (κ3) is 7.65. The topological polar surface area (TPSA) is 114 Å². The van der Waals surface area contributed by atoms with Crippen LogP contribution >= 0.6 is 39.3 Å². The Balaban J connectivity index is 1.41. The zero-order valence-corrected chi connectivity index (χ0v) is 24.3. The maximum Gasteiger partial charge on any atom is 0.294 e. The van der Waals surface area contributed by atoms with E-state index in [0.29, 0.717) is 44.5 Å². The molecule has 12 heteroatoms. The predicted molar refractivity (Wildman–Crippen MR) is 159 cm³/mol. The second-order valence-electron chi connectivity index (χ2n) is 8.28. The molecule has 0 aliphatic carbocycles. The molecule has 1 heterocycles. The number of carbonyl (C=O) groups excluding carboxylic acids is 4. The van der Waals surface area contributed by atoms with E-state index in [0.717, 1.165) is 16.7 Å². The van der Waals surface area contributed by atoms with Crippen molar-refractivity contribution in [3.8, 4) is 11.5 Å². The van der Waals surface area contributed by atoms with Gasteiger partial charge in [0.1, 0.15) is 6.54 Å². The number of anilines is 2. The van der Waals surface area contributed by atoms with Gasteiger partial charge in [0.05, 0.1) is 17.2 Å². The van der Waals surface area contributed by atoms with Crippen LogP contribution in [0.15, 0.2) is 76.1 Å². The number of ether oxygens (including phenoxy) is 2. The highest BCUT2D eigenvalue weighted by molar-refractivity contribution is 9.10. The van der Waals surface area contributed by atoms with E-state index in [4.69, 9.17) is 21.1 Å². The molecule has 0 saturated carbocycles. The van der Waals surface area contributed by atoms with Crippen LogP contribution in [0.5, 0.6) is 11.5 Å². The van der Waals surface area contributed by atoms with Crippen molar-refractivity contribution in [1.29, 1.82) is 0 Å². The van der Waals surface area contributed by atoms with Crippen molar-refractivity contribution < 1.29 is 28.7 Å². The van der Waals surface area contributed by atoms with E-state index in [9.17, 15) is 19.2 Å². The van der Waals surface area contributed by atoms with E-state index in [1.807, 2.05) is 0 Å². The summed E-state index contributed by atoms with van der Waals surface area (Å²) in [6.45, 7) is 1.44. The molecular formula is C28H23BrClN3O6S.